The molecule has 0 atom stereocenters. The van der Waals surface area contributed by atoms with Crippen LogP contribution in [0, 0.1) is 20.6 Å². The molecule has 0 aliphatic carbocycles. The van der Waals surface area contributed by atoms with Crippen LogP contribution in [-0.2, 0) is 0 Å². The molecule has 7 heteroatoms. The fraction of sp³-hybridized carbons (Fsp3) is 0.0769. The number of hydrogen-bond donors (Lipinski definition) is 1. The molecule has 2 aromatic rings. The van der Waals surface area contributed by atoms with Gasteiger partial charge in [0.2, 0.25) is 0 Å². The van der Waals surface area contributed by atoms with Crippen LogP contribution in [0.2, 0.25) is 0 Å². The summed E-state index contributed by atoms with van der Waals surface area (Å²) in [5, 5.41) is 13.4. The lowest BCUT2D eigenvalue weighted by Crippen LogP contribution is -2.14. The molecule has 6 nitrogen and oxygen atoms in total. The summed E-state index contributed by atoms with van der Waals surface area (Å²) in [5.74, 6) is -0.0127. The zero-order valence-electron chi connectivity index (χ0n) is 10.5. The molecule has 1 amide bonds. The lowest BCUT2D eigenvalue weighted by molar-refractivity contribution is -0.384. The molecule has 0 spiro atoms. The van der Waals surface area contributed by atoms with Gasteiger partial charge in [-0.25, -0.2) is 4.98 Å². The Kier molecular flexibility index (Phi) is 4.28. The van der Waals surface area contributed by atoms with E-state index in [4.69, 9.17) is 0 Å². The van der Waals surface area contributed by atoms with Gasteiger partial charge in [-0.3, -0.25) is 14.9 Å². The van der Waals surface area contributed by atoms with E-state index in [1.165, 1.54) is 12.1 Å². The van der Waals surface area contributed by atoms with E-state index in [-0.39, 0.29) is 11.3 Å². The SMILES string of the molecule is Cc1ccc([N+](=O)[O-])cc1C(=O)Nc1ccc(I)cn1. The van der Waals surface area contributed by atoms with E-state index in [0.29, 0.717) is 11.4 Å². The number of rotatable bonds is 3. The van der Waals surface area contributed by atoms with Gasteiger partial charge < -0.3 is 5.32 Å². The molecule has 0 aliphatic rings. The van der Waals surface area contributed by atoms with Gasteiger partial charge in [-0.1, -0.05) is 6.07 Å². The molecule has 1 aromatic heterocycles. The maximum atomic E-state index is 12.1. The number of aryl methyl sites for hydroxylation is 1. The van der Waals surface area contributed by atoms with Crippen LogP contribution >= 0.6 is 22.6 Å². The number of hydrogen-bond acceptors (Lipinski definition) is 4. The summed E-state index contributed by atoms with van der Waals surface area (Å²) in [6.45, 7) is 1.72. The number of pyridine rings is 1. The number of non-ortho nitro benzene ring substituents is 1. The Morgan fingerprint density at radius 3 is 2.70 bits per heavy atom. The van der Waals surface area contributed by atoms with Gasteiger partial charge in [-0.05, 0) is 47.2 Å². The summed E-state index contributed by atoms with van der Waals surface area (Å²) in [6.07, 6.45) is 1.62. The number of nitro benzene ring substituents is 1. The monoisotopic (exact) mass is 383 g/mol. The van der Waals surface area contributed by atoms with Gasteiger partial charge in [0.1, 0.15) is 5.82 Å². The summed E-state index contributed by atoms with van der Waals surface area (Å²) < 4.78 is 0.951. The number of anilines is 1. The van der Waals surface area contributed by atoms with Gasteiger partial charge in [0.25, 0.3) is 11.6 Å². The first-order valence-corrected chi connectivity index (χ1v) is 6.73. The molecule has 0 fully saturated rings. The van der Waals surface area contributed by atoms with Crippen LogP contribution in [0.25, 0.3) is 0 Å². The minimum absolute atomic E-state index is 0.115. The zero-order valence-corrected chi connectivity index (χ0v) is 12.6. The van der Waals surface area contributed by atoms with Gasteiger partial charge in [0, 0.05) is 27.5 Å². The molecular formula is C13H10IN3O3. The second kappa shape index (κ2) is 5.95. The quantitative estimate of drug-likeness (QED) is 0.501. The zero-order chi connectivity index (χ0) is 14.7. The van der Waals surface area contributed by atoms with Gasteiger partial charge in [-0.2, -0.15) is 0 Å². The van der Waals surface area contributed by atoms with E-state index >= 15 is 0 Å². The normalized spacial score (nSPS) is 10.1. The number of nitro groups is 1. The largest absolute Gasteiger partial charge is 0.307 e. The van der Waals surface area contributed by atoms with Crippen LogP contribution in [0.3, 0.4) is 0 Å². The summed E-state index contributed by atoms with van der Waals surface area (Å²) in [7, 11) is 0. The highest BCUT2D eigenvalue weighted by Crippen LogP contribution is 2.18. The third kappa shape index (κ3) is 3.29. The standard InChI is InChI=1S/C13H10IN3O3/c1-8-2-4-10(17(19)20)6-11(8)13(18)16-12-5-3-9(14)7-15-12/h2-7H,1H3,(H,15,16,18). The Balaban J connectivity index is 2.26. The molecule has 0 saturated heterocycles. The lowest BCUT2D eigenvalue weighted by Gasteiger charge is -2.07. The highest BCUT2D eigenvalue weighted by molar-refractivity contribution is 14.1. The highest BCUT2D eigenvalue weighted by Gasteiger charge is 2.15. The van der Waals surface area contributed by atoms with Crippen LogP contribution in [0.15, 0.2) is 36.5 Å². The number of benzene rings is 1. The number of carbonyl (C=O) groups excluding carboxylic acids is 1. The van der Waals surface area contributed by atoms with Crippen LogP contribution in [0.1, 0.15) is 15.9 Å². The van der Waals surface area contributed by atoms with Gasteiger partial charge in [0.15, 0.2) is 0 Å². The fourth-order valence-electron chi connectivity index (χ4n) is 1.60. The second-order valence-electron chi connectivity index (χ2n) is 4.07. The summed E-state index contributed by atoms with van der Waals surface area (Å²) in [5.41, 5.74) is 0.814. The molecule has 2 rings (SSSR count). The smallest absolute Gasteiger partial charge is 0.270 e. The molecule has 0 bridgehead atoms. The predicted molar refractivity (Wildman–Crippen MR) is 82.7 cm³/mol. The Morgan fingerprint density at radius 2 is 2.10 bits per heavy atom. The van der Waals surface area contributed by atoms with Crippen molar-refractivity contribution in [3.63, 3.8) is 0 Å². The van der Waals surface area contributed by atoms with Crippen LogP contribution in [-0.4, -0.2) is 15.8 Å². The summed E-state index contributed by atoms with van der Waals surface area (Å²) in [4.78, 5) is 26.4. The minimum atomic E-state index is -0.528. The van der Waals surface area contributed by atoms with Crippen molar-refractivity contribution in [1.29, 1.82) is 0 Å². The third-order valence-corrected chi connectivity index (χ3v) is 3.28. The molecule has 0 saturated carbocycles. The first-order chi connectivity index (χ1) is 9.47. The van der Waals surface area contributed by atoms with Crippen molar-refractivity contribution >= 4 is 40.0 Å². The summed E-state index contributed by atoms with van der Waals surface area (Å²) in [6, 6.07) is 7.66. The Hall–Kier alpha value is -2.03. The molecule has 102 valence electrons. The maximum Gasteiger partial charge on any atom is 0.270 e. The van der Waals surface area contributed by atoms with E-state index in [2.05, 4.69) is 32.9 Å². The summed E-state index contributed by atoms with van der Waals surface area (Å²) >= 11 is 2.11. The molecule has 0 aliphatic heterocycles. The minimum Gasteiger partial charge on any atom is -0.307 e. The first kappa shape index (κ1) is 14.4. The van der Waals surface area contributed by atoms with Gasteiger partial charge >= 0.3 is 0 Å². The maximum absolute atomic E-state index is 12.1. The van der Waals surface area contributed by atoms with Crippen molar-refractivity contribution in [2.45, 2.75) is 6.92 Å². The van der Waals surface area contributed by atoms with Crippen LogP contribution in [0.5, 0.6) is 0 Å². The highest BCUT2D eigenvalue weighted by atomic mass is 127. The average molecular weight is 383 g/mol. The predicted octanol–water partition coefficient (Wildman–Crippen LogP) is 3.16. The number of nitrogens with one attached hydrogen (secondary N) is 1. The van der Waals surface area contributed by atoms with Crippen molar-refractivity contribution in [2.75, 3.05) is 5.32 Å². The van der Waals surface area contributed by atoms with Gasteiger partial charge in [-0.15, -0.1) is 0 Å². The van der Waals surface area contributed by atoms with E-state index in [0.717, 1.165) is 3.57 Å². The number of amides is 1. The van der Waals surface area contributed by atoms with Crippen LogP contribution < -0.4 is 5.32 Å². The number of halogens is 1. The Labute approximate surface area is 128 Å². The molecule has 1 N–H and O–H groups in total. The van der Waals surface area contributed by atoms with Crippen molar-refractivity contribution in [3.05, 3.63) is 61.3 Å². The number of nitrogens with zero attached hydrogens (tertiary/aromatic N) is 2. The molecule has 0 radical (unpaired) electrons. The first-order valence-electron chi connectivity index (χ1n) is 5.65. The number of carbonyl (C=O) groups is 1. The van der Waals surface area contributed by atoms with E-state index in [1.54, 1.807) is 25.3 Å². The van der Waals surface area contributed by atoms with E-state index in [9.17, 15) is 14.9 Å². The molecular weight excluding hydrogens is 373 g/mol. The van der Waals surface area contributed by atoms with Crippen molar-refractivity contribution in [3.8, 4) is 0 Å². The van der Waals surface area contributed by atoms with Crippen molar-refractivity contribution < 1.29 is 9.72 Å². The fourth-order valence-corrected chi connectivity index (χ4v) is 1.92. The number of aromatic nitrogens is 1. The molecule has 0 unspecified atom stereocenters. The van der Waals surface area contributed by atoms with E-state index < -0.39 is 10.8 Å². The van der Waals surface area contributed by atoms with Crippen molar-refractivity contribution in [1.82, 2.24) is 4.98 Å². The second-order valence-corrected chi connectivity index (χ2v) is 5.32. The topological polar surface area (TPSA) is 85.1 Å². The van der Waals surface area contributed by atoms with Crippen molar-refractivity contribution in [2.24, 2.45) is 0 Å². The third-order valence-electron chi connectivity index (χ3n) is 2.65. The van der Waals surface area contributed by atoms with Crippen LogP contribution in [0.4, 0.5) is 11.5 Å². The molecule has 1 aromatic carbocycles. The lowest BCUT2D eigenvalue weighted by atomic mass is 10.1. The molecule has 1 heterocycles. The van der Waals surface area contributed by atoms with E-state index in [1.807, 2.05) is 6.07 Å². The average Bonchev–Trinajstić information content (AvgIpc) is 2.41. The Morgan fingerprint density at radius 1 is 1.35 bits per heavy atom. The molecule has 20 heavy (non-hydrogen) atoms. The van der Waals surface area contributed by atoms with Gasteiger partial charge in [0.05, 0.1) is 4.92 Å². The Bertz CT molecular complexity index is 671.